The molecule has 0 unspecified atom stereocenters. The fourth-order valence-corrected chi connectivity index (χ4v) is 2.22. The van der Waals surface area contributed by atoms with Gasteiger partial charge in [-0.3, -0.25) is 9.59 Å². The number of hydrogen-bond acceptors (Lipinski definition) is 2. The van der Waals surface area contributed by atoms with Gasteiger partial charge < -0.3 is 10.8 Å². The number of carbonyl (C=O) groups is 2. The molecule has 0 bridgehead atoms. The first-order chi connectivity index (χ1) is 6.61. The number of carboxylic acids is 1. The van der Waals surface area contributed by atoms with Gasteiger partial charge in [0.1, 0.15) is 0 Å². The summed E-state index contributed by atoms with van der Waals surface area (Å²) in [6, 6.07) is 0. The third-order valence-electron chi connectivity index (χ3n) is 2.99. The van der Waals surface area contributed by atoms with Crippen LogP contribution in [0.1, 0.15) is 38.5 Å². The summed E-state index contributed by atoms with van der Waals surface area (Å²) in [5.41, 5.74) is 5.01. The third-order valence-corrected chi connectivity index (χ3v) is 2.99. The van der Waals surface area contributed by atoms with E-state index in [2.05, 4.69) is 0 Å². The maximum atomic E-state index is 10.9. The molecule has 80 valence electrons. The molecule has 0 aromatic rings. The SMILES string of the molecule is NC(=O)CC[C@@H](C(=O)O)C1CCCC1. The normalized spacial score (nSPS) is 19.4. The van der Waals surface area contributed by atoms with Crippen molar-refractivity contribution in [2.75, 3.05) is 0 Å². The minimum absolute atomic E-state index is 0.188. The number of primary amides is 1. The molecule has 3 N–H and O–H groups in total. The van der Waals surface area contributed by atoms with Gasteiger partial charge in [-0.05, 0) is 25.2 Å². The van der Waals surface area contributed by atoms with Crippen molar-refractivity contribution < 1.29 is 14.7 Å². The highest BCUT2D eigenvalue weighted by atomic mass is 16.4. The van der Waals surface area contributed by atoms with Crippen molar-refractivity contribution in [2.24, 2.45) is 17.6 Å². The molecule has 0 radical (unpaired) electrons. The minimum Gasteiger partial charge on any atom is -0.481 e. The Morgan fingerprint density at radius 2 is 1.93 bits per heavy atom. The van der Waals surface area contributed by atoms with Gasteiger partial charge >= 0.3 is 5.97 Å². The molecule has 0 heterocycles. The van der Waals surface area contributed by atoms with E-state index in [-0.39, 0.29) is 18.3 Å². The summed E-state index contributed by atoms with van der Waals surface area (Å²) in [5, 5.41) is 8.99. The number of aliphatic carboxylic acids is 1. The lowest BCUT2D eigenvalue weighted by molar-refractivity contribution is -0.144. The lowest BCUT2D eigenvalue weighted by Crippen LogP contribution is -2.24. The first kappa shape index (κ1) is 11.0. The zero-order valence-corrected chi connectivity index (χ0v) is 8.24. The fraction of sp³-hybridized carbons (Fsp3) is 0.800. The third kappa shape index (κ3) is 3.01. The number of rotatable bonds is 5. The van der Waals surface area contributed by atoms with E-state index >= 15 is 0 Å². The molecule has 0 spiro atoms. The second-order valence-electron chi connectivity index (χ2n) is 3.99. The Hall–Kier alpha value is -1.06. The highest BCUT2D eigenvalue weighted by molar-refractivity contribution is 5.75. The second kappa shape index (κ2) is 4.98. The Morgan fingerprint density at radius 3 is 2.36 bits per heavy atom. The van der Waals surface area contributed by atoms with Crippen LogP contribution in [0.5, 0.6) is 0 Å². The van der Waals surface area contributed by atoms with Gasteiger partial charge in [-0.2, -0.15) is 0 Å². The Kier molecular flexibility index (Phi) is 3.92. The number of hydrogen-bond donors (Lipinski definition) is 2. The van der Waals surface area contributed by atoms with Crippen LogP contribution in [0, 0.1) is 11.8 Å². The molecule has 1 aliphatic carbocycles. The smallest absolute Gasteiger partial charge is 0.306 e. The van der Waals surface area contributed by atoms with E-state index in [1.807, 2.05) is 0 Å². The van der Waals surface area contributed by atoms with E-state index in [1.165, 1.54) is 0 Å². The van der Waals surface area contributed by atoms with Crippen LogP contribution >= 0.6 is 0 Å². The molecule has 1 amide bonds. The van der Waals surface area contributed by atoms with Gasteiger partial charge in [0.2, 0.25) is 5.91 Å². The molecule has 1 saturated carbocycles. The van der Waals surface area contributed by atoms with Crippen LogP contribution in [0.4, 0.5) is 0 Å². The number of carbonyl (C=O) groups excluding carboxylic acids is 1. The van der Waals surface area contributed by atoms with Gasteiger partial charge in [0.05, 0.1) is 5.92 Å². The van der Waals surface area contributed by atoms with Crippen LogP contribution in [0.25, 0.3) is 0 Å². The average Bonchev–Trinajstić information content (AvgIpc) is 2.56. The predicted octanol–water partition coefficient (Wildman–Crippen LogP) is 1.14. The van der Waals surface area contributed by atoms with Crippen LogP contribution in [-0.4, -0.2) is 17.0 Å². The van der Waals surface area contributed by atoms with Crippen molar-refractivity contribution in [3.63, 3.8) is 0 Å². The summed E-state index contributed by atoms with van der Waals surface area (Å²) >= 11 is 0. The average molecular weight is 199 g/mol. The van der Waals surface area contributed by atoms with E-state index in [1.54, 1.807) is 0 Å². The molecule has 0 aromatic carbocycles. The molecule has 0 aromatic heterocycles. The van der Waals surface area contributed by atoms with Crippen LogP contribution in [0.3, 0.4) is 0 Å². The molecule has 1 fully saturated rings. The van der Waals surface area contributed by atoms with Crippen LogP contribution in [0.15, 0.2) is 0 Å². The van der Waals surface area contributed by atoms with Gasteiger partial charge in [0, 0.05) is 6.42 Å². The molecule has 1 aliphatic rings. The number of nitrogens with two attached hydrogens (primary N) is 1. The van der Waals surface area contributed by atoms with E-state index in [9.17, 15) is 9.59 Å². The standard InChI is InChI=1S/C10H17NO3/c11-9(12)6-5-8(10(13)14)7-3-1-2-4-7/h7-8H,1-6H2,(H2,11,12)(H,13,14)/t8-/m1/s1. The summed E-state index contributed by atoms with van der Waals surface area (Å²) in [4.78, 5) is 21.5. The molecule has 4 heteroatoms. The maximum absolute atomic E-state index is 10.9. The zero-order valence-electron chi connectivity index (χ0n) is 8.24. The molecule has 4 nitrogen and oxygen atoms in total. The summed E-state index contributed by atoms with van der Waals surface area (Å²) in [5.74, 6) is -1.30. The molecule has 14 heavy (non-hydrogen) atoms. The van der Waals surface area contributed by atoms with Gasteiger partial charge in [0.15, 0.2) is 0 Å². The molecular formula is C10H17NO3. The van der Waals surface area contributed by atoms with Crippen LogP contribution in [-0.2, 0) is 9.59 Å². The largest absolute Gasteiger partial charge is 0.481 e. The Morgan fingerprint density at radius 1 is 1.36 bits per heavy atom. The fourth-order valence-electron chi connectivity index (χ4n) is 2.22. The van der Waals surface area contributed by atoms with E-state index in [4.69, 9.17) is 10.8 Å². The van der Waals surface area contributed by atoms with Gasteiger partial charge in [-0.15, -0.1) is 0 Å². The van der Waals surface area contributed by atoms with E-state index in [0.29, 0.717) is 6.42 Å². The van der Waals surface area contributed by atoms with E-state index < -0.39 is 11.9 Å². The van der Waals surface area contributed by atoms with Crippen LogP contribution in [0.2, 0.25) is 0 Å². The quantitative estimate of drug-likeness (QED) is 0.696. The van der Waals surface area contributed by atoms with E-state index in [0.717, 1.165) is 25.7 Å². The Labute approximate surface area is 83.5 Å². The zero-order chi connectivity index (χ0) is 10.6. The number of carboxylic acid groups (broad SMARTS) is 1. The van der Waals surface area contributed by atoms with Crippen molar-refractivity contribution >= 4 is 11.9 Å². The lowest BCUT2D eigenvalue weighted by atomic mass is 9.87. The highest BCUT2D eigenvalue weighted by Gasteiger charge is 2.30. The molecule has 1 rings (SSSR count). The van der Waals surface area contributed by atoms with Gasteiger partial charge in [0.25, 0.3) is 0 Å². The summed E-state index contributed by atoms with van der Waals surface area (Å²) in [6.07, 6.45) is 4.78. The van der Waals surface area contributed by atoms with Crippen LogP contribution < -0.4 is 5.73 Å². The second-order valence-corrected chi connectivity index (χ2v) is 3.99. The highest BCUT2D eigenvalue weighted by Crippen LogP contribution is 2.33. The summed E-state index contributed by atoms with van der Waals surface area (Å²) in [7, 11) is 0. The predicted molar refractivity (Wildman–Crippen MR) is 51.5 cm³/mol. The molecule has 1 atom stereocenters. The molecule has 0 aliphatic heterocycles. The Bertz CT molecular complexity index is 221. The molecular weight excluding hydrogens is 182 g/mol. The van der Waals surface area contributed by atoms with Crippen molar-refractivity contribution in [1.82, 2.24) is 0 Å². The summed E-state index contributed by atoms with van der Waals surface area (Å²) in [6.45, 7) is 0. The lowest BCUT2D eigenvalue weighted by Gasteiger charge is -2.17. The van der Waals surface area contributed by atoms with Gasteiger partial charge in [-0.25, -0.2) is 0 Å². The number of amides is 1. The minimum atomic E-state index is -0.779. The first-order valence-corrected chi connectivity index (χ1v) is 5.12. The Balaban J connectivity index is 2.45. The maximum Gasteiger partial charge on any atom is 0.306 e. The molecule has 0 saturated heterocycles. The first-order valence-electron chi connectivity index (χ1n) is 5.12. The van der Waals surface area contributed by atoms with Crippen molar-refractivity contribution in [3.8, 4) is 0 Å². The summed E-state index contributed by atoms with van der Waals surface area (Å²) < 4.78 is 0. The van der Waals surface area contributed by atoms with Crippen molar-refractivity contribution in [3.05, 3.63) is 0 Å². The monoisotopic (exact) mass is 199 g/mol. The van der Waals surface area contributed by atoms with Gasteiger partial charge in [-0.1, -0.05) is 12.8 Å². The van der Waals surface area contributed by atoms with Crippen molar-refractivity contribution in [1.29, 1.82) is 0 Å². The van der Waals surface area contributed by atoms with Crippen molar-refractivity contribution in [2.45, 2.75) is 38.5 Å². The topological polar surface area (TPSA) is 80.4 Å².